The van der Waals surface area contributed by atoms with Gasteiger partial charge in [0.05, 0.1) is 12.1 Å². The molecular formula is C20H34IN3O2. The SMILES string of the molecule is CCNC(=NCC(O)(CC)CC)N1CCC(Oc2ccccc2)CC1.I. The number of nitrogens with one attached hydrogen (secondary N) is 1. The van der Waals surface area contributed by atoms with Gasteiger partial charge < -0.3 is 20.1 Å². The topological polar surface area (TPSA) is 57.1 Å². The largest absolute Gasteiger partial charge is 0.490 e. The molecule has 0 unspecified atom stereocenters. The van der Waals surface area contributed by atoms with Crippen molar-refractivity contribution >= 4 is 29.9 Å². The van der Waals surface area contributed by atoms with E-state index in [9.17, 15) is 5.11 Å². The van der Waals surface area contributed by atoms with Crippen LogP contribution in [0.5, 0.6) is 5.75 Å². The number of hydrogen-bond acceptors (Lipinski definition) is 3. The van der Waals surface area contributed by atoms with Crippen LogP contribution in [0.3, 0.4) is 0 Å². The number of benzene rings is 1. The summed E-state index contributed by atoms with van der Waals surface area (Å²) in [6, 6.07) is 10.0. The lowest BCUT2D eigenvalue weighted by atomic mass is 9.98. The third kappa shape index (κ3) is 6.95. The zero-order chi connectivity index (χ0) is 18.1. The highest BCUT2D eigenvalue weighted by atomic mass is 127. The van der Waals surface area contributed by atoms with Crippen LogP contribution in [0, 0.1) is 0 Å². The molecule has 5 nitrogen and oxygen atoms in total. The lowest BCUT2D eigenvalue weighted by Crippen LogP contribution is -2.48. The number of aliphatic hydroxyl groups is 1. The average Bonchev–Trinajstić information content (AvgIpc) is 2.66. The van der Waals surface area contributed by atoms with E-state index in [0.717, 1.165) is 57.0 Å². The van der Waals surface area contributed by atoms with E-state index in [0.29, 0.717) is 6.54 Å². The van der Waals surface area contributed by atoms with Crippen molar-refractivity contribution in [2.24, 2.45) is 4.99 Å². The molecule has 0 atom stereocenters. The van der Waals surface area contributed by atoms with Gasteiger partial charge in [-0.25, -0.2) is 0 Å². The Bertz CT molecular complexity index is 527. The number of halogens is 1. The first-order valence-electron chi connectivity index (χ1n) is 9.57. The molecule has 0 bridgehead atoms. The van der Waals surface area contributed by atoms with Gasteiger partial charge >= 0.3 is 0 Å². The van der Waals surface area contributed by atoms with E-state index in [1.165, 1.54) is 0 Å². The summed E-state index contributed by atoms with van der Waals surface area (Å²) >= 11 is 0. The number of rotatable bonds is 7. The van der Waals surface area contributed by atoms with E-state index < -0.39 is 5.60 Å². The van der Waals surface area contributed by atoms with Gasteiger partial charge in [0.2, 0.25) is 0 Å². The van der Waals surface area contributed by atoms with Crippen molar-refractivity contribution in [2.75, 3.05) is 26.2 Å². The molecule has 148 valence electrons. The second-order valence-corrected chi connectivity index (χ2v) is 6.72. The number of hydrogen-bond donors (Lipinski definition) is 2. The second kappa shape index (κ2) is 11.6. The fourth-order valence-corrected chi connectivity index (χ4v) is 3.00. The molecule has 1 aliphatic heterocycles. The Morgan fingerprint density at radius 2 is 1.81 bits per heavy atom. The van der Waals surface area contributed by atoms with Gasteiger partial charge in [0.25, 0.3) is 0 Å². The molecule has 26 heavy (non-hydrogen) atoms. The molecule has 1 fully saturated rings. The van der Waals surface area contributed by atoms with Crippen molar-refractivity contribution in [1.29, 1.82) is 0 Å². The van der Waals surface area contributed by atoms with Crippen LogP contribution in [0.25, 0.3) is 0 Å². The fourth-order valence-electron chi connectivity index (χ4n) is 3.00. The number of nitrogens with zero attached hydrogens (tertiary/aromatic N) is 2. The van der Waals surface area contributed by atoms with Gasteiger partial charge in [0.15, 0.2) is 5.96 Å². The molecular weight excluding hydrogens is 441 g/mol. The van der Waals surface area contributed by atoms with E-state index in [-0.39, 0.29) is 30.1 Å². The lowest BCUT2D eigenvalue weighted by molar-refractivity contribution is 0.0413. The van der Waals surface area contributed by atoms with Gasteiger partial charge in [-0.3, -0.25) is 4.99 Å². The minimum atomic E-state index is -0.699. The summed E-state index contributed by atoms with van der Waals surface area (Å²) in [7, 11) is 0. The molecule has 0 aliphatic carbocycles. The predicted molar refractivity (Wildman–Crippen MR) is 119 cm³/mol. The van der Waals surface area contributed by atoms with Crippen LogP contribution >= 0.6 is 24.0 Å². The van der Waals surface area contributed by atoms with Crippen LogP contribution in [0.1, 0.15) is 46.5 Å². The van der Waals surface area contributed by atoms with Crippen molar-refractivity contribution in [1.82, 2.24) is 10.2 Å². The molecule has 0 aromatic heterocycles. The molecule has 2 N–H and O–H groups in total. The standard InChI is InChI=1S/C20H33N3O2.HI/c1-4-20(24,5-2)16-22-19(21-6-3)23-14-12-18(13-15-23)25-17-10-8-7-9-11-17;/h7-11,18,24H,4-6,12-16H2,1-3H3,(H,21,22);1H. The van der Waals surface area contributed by atoms with E-state index in [1.54, 1.807) is 0 Å². The molecule has 1 aromatic rings. The number of aliphatic imine (C=N–C) groups is 1. The molecule has 1 aliphatic rings. The summed E-state index contributed by atoms with van der Waals surface area (Å²) in [4.78, 5) is 6.98. The van der Waals surface area contributed by atoms with E-state index in [2.05, 4.69) is 17.1 Å². The molecule has 6 heteroatoms. The van der Waals surface area contributed by atoms with E-state index in [1.807, 2.05) is 44.2 Å². The molecule has 1 saturated heterocycles. The quantitative estimate of drug-likeness (QED) is 0.359. The van der Waals surface area contributed by atoms with Gasteiger partial charge in [0, 0.05) is 32.5 Å². The van der Waals surface area contributed by atoms with Crippen LogP contribution in [0.2, 0.25) is 0 Å². The molecule has 0 spiro atoms. The normalized spacial score (nSPS) is 16.2. The maximum Gasteiger partial charge on any atom is 0.194 e. The van der Waals surface area contributed by atoms with Gasteiger partial charge in [-0.1, -0.05) is 32.0 Å². The molecule has 1 aromatic carbocycles. The third-order valence-corrected chi connectivity index (χ3v) is 4.96. The fraction of sp³-hybridized carbons (Fsp3) is 0.650. The summed E-state index contributed by atoms with van der Waals surface area (Å²) in [6.07, 6.45) is 3.65. The maximum atomic E-state index is 10.5. The monoisotopic (exact) mass is 475 g/mol. The molecule has 0 radical (unpaired) electrons. The smallest absolute Gasteiger partial charge is 0.194 e. The first-order valence-corrected chi connectivity index (χ1v) is 9.57. The lowest BCUT2D eigenvalue weighted by Gasteiger charge is -2.35. The van der Waals surface area contributed by atoms with Crippen LogP contribution in [0.15, 0.2) is 35.3 Å². The third-order valence-electron chi connectivity index (χ3n) is 4.96. The van der Waals surface area contributed by atoms with Crippen molar-refractivity contribution in [2.45, 2.75) is 58.2 Å². The second-order valence-electron chi connectivity index (χ2n) is 6.72. The molecule has 1 heterocycles. The highest BCUT2D eigenvalue weighted by molar-refractivity contribution is 14.0. The predicted octanol–water partition coefficient (Wildman–Crippen LogP) is 3.66. The number of para-hydroxylation sites is 1. The van der Waals surface area contributed by atoms with Crippen molar-refractivity contribution < 1.29 is 9.84 Å². The average molecular weight is 475 g/mol. The van der Waals surface area contributed by atoms with Gasteiger partial charge in [0.1, 0.15) is 11.9 Å². The Morgan fingerprint density at radius 1 is 1.19 bits per heavy atom. The first-order chi connectivity index (χ1) is 12.1. The minimum absolute atomic E-state index is 0. The van der Waals surface area contributed by atoms with Crippen LogP contribution in [-0.2, 0) is 0 Å². The van der Waals surface area contributed by atoms with Crippen LogP contribution < -0.4 is 10.1 Å². The molecule has 2 rings (SSSR count). The Hall–Kier alpha value is -1.02. The van der Waals surface area contributed by atoms with Crippen molar-refractivity contribution in [3.8, 4) is 5.75 Å². The maximum absolute atomic E-state index is 10.5. The number of ether oxygens (including phenoxy) is 1. The Balaban J connectivity index is 0.00000338. The van der Waals surface area contributed by atoms with Gasteiger partial charge in [-0.2, -0.15) is 0 Å². The number of piperidine rings is 1. The summed E-state index contributed by atoms with van der Waals surface area (Å²) in [5.74, 6) is 1.85. The Morgan fingerprint density at radius 3 is 2.35 bits per heavy atom. The van der Waals surface area contributed by atoms with Gasteiger partial charge in [-0.05, 0) is 31.9 Å². The Labute approximate surface area is 175 Å². The molecule has 0 saturated carbocycles. The summed E-state index contributed by atoms with van der Waals surface area (Å²) in [5, 5.41) is 13.8. The number of guanidine groups is 1. The minimum Gasteiger partial charge on any atom is -0.490 e. The summed E-state index contributed by atoms with van der Waals surface area (Å²) in [6.45, 7) is 9.21. The number of likely N-dealkylation sites (tertiary alicyclic amines) is 1. The van der Waals surface area contributed by atoms with Crippen molar-refractivity contribution in [3.05, 3.63) is 30.3 Å². The van der Waals surface area contributed by atoms with Crippen LogP contribution in [-0.4, -0.2) is 53.9 Å². The first kappa shape index (κ1) is 23.0. The summed E-state index contributed by atoms with van der Waals surface area (Å²) < 4.78 is 6.07. The highest BCUT2D eigenvalue weighted by Gasteiger charge is 2.25. The Kier molecular flexibility index (Phi) is 10.3. The van der Waals surface area contributed by atoms with Gasteiger partial charge in [-0.15, -0.1) is 24.0 Å². The van der Waals surface area contributed by atoms with E-state index >= 15 is 0 Å². The van der Waals surface area contributed by atoms with Crippen molar-refractivity contribution in [3.63, 3.8) is 0 Å². The highest BCUT2D eigenvalue weighted by Crippen LogP contribution is 2.19. The van der Waals surface area contributed by atoms with Crippen LogP contribution in [0.4, 0.5) is 0 Å². The van der Waals surface area contributed by atoms with E-state index in [4.69, 9.17) is 9.73 Å². The summed E-state index contributed by atoms with van der Waals surface area (Å²) in [5.41, 5.74) is -0.699. The zero-order valence-electron chi connectivity index (χ0n) is 16.3. The zero-order valence-corrected chi connectivity index (χ0v) is 18.6. The molecule has 0 amide bonds.